The van der Waals surface area contributed by atoms with Crippen LogP contribution in [0.15, 0.2) is 24.3 Å². The highest BCUT2D eigenvalue weighted by Crippen LogP contribution is 2.37. The molecule has 0 radical (unpaired) electrons. The van der Waals surface area contributed by atoms with Gasteiger partial charge in [0.15, 0.2) is 5.78 Å². The third-order valence-corrected chi connectivity index (χ3v) is 6.38. The van der Waals surface area contributed by atoms with Crippen LogP contribution in [0.5, 0.6) is 0 Å². The Kier molecular flexibility index (Phi) is 121. The molecule has 3 atom stereocenters. The maximum absolute atomic E-state index is 10.4. The predicted molar refractivity (Wildman–Crippen MR) is 307 cm³/mol. The molecule has 68 heavy (non-hydrogen) atoms. The van der Waals surface area contributed by atoms with E-state index in [1.807, 2.05) is 62.3 Å². The van der Waals surface area contributed by atoms with Crippen molar-refractivity contribution in [3.05, 3.63) is 24.3 Å². The molecule has 1 saturated carbocycles. The summed E-state index contributed by atoms with van der Waals surface area (Å²) in [6, 6.07) is 0.551. The first-order chi connectivity index (χ1) is 27.7. The number of carbonyl (C=O) groups excluding carboxylic acids is 5. The van der Waals surface area contributed by atoms with Crippen LogP contribution in [0.3, 0.4) is 0 Å². The highest BCUT2D eigenvalue weighted by Gasteiger charge is 2.36. The molecule has 14 nitrogen and oxygen atoms in total. The fraction of sp³-hybridized carbons (Fsp3) is 0.815. The Hall–Kier alpha value is -3.78. The van der Waals surface area contributed by atoms with Crippen molar-refractivity contribution in [3.63, 3.8) is 0 Å². The normalized spacial score (nSPS) is 11.8. The Balaban J connectivity index is -0.0000000354. The zero-order valence-corrected chi connectivity index (χ0v) is 42.5. The molecule has 0 bridgehead atoms. The molecule has 3 unspecified atom stereocenters. The monoisotopic (exact) mass is 986 g/mol. The molecular weight excluding hydrogens is 859 g/mol. The molecule has 420 valence electrons. The van der Waals surface area contributed by atoms with E-state index < -0.39 is 0 Å². The lowest BCUT2D eigenvalue weighted by molar-refractivity contribution is -0.121. The van der Waals surface area contributed by atoms with E-state index in [-0.39, 0.29) is 108 Å². The molecule has 4 N–H and O–H groups in total. The topological polar surface area (TPSA) is 194 Å². The van der Waals surface area contributed by atoms with Gasteiger partial charge in [-0.3, -0.25) is 19.2 Å². The Morgan fingerprint density at radius 3 is 1.13 bits per heavy atom. The van der Waals surface area contributed by atoms with Gasteiger partial charge < -0.3 is 30.6 Å². The van der Waals surface area contributed by atoms with Crippen LogP contribution in [0.1, 0.15) is 230 Å². The summed E-state index contributed by atoms with van der Waals surface area (Å²) < 4.78 is 6.04. The van der Waals surface area contributed by atoms with Gasteiger partial charge in [-0.25, -0.2) is 4.68 Å². The number of Topliss-reactive ketones (excluding diaryl/α,β-unsaturated/α-hetero) is 3. The fourth-order valence-electron chi connectivity index (χ4n) is 3.98. The summed E-state index contributed by atoms with van der Waals surface area (Å²) in [5.74, 6) is 4.06. The van der Waals surface area contributed by atoms with E-state index in [4.69, 9.17) is 5.11 Å². The van der Waals surface area contributed by atoms with Gasteiger partial charge in [0.2, 0.25) is 17.8 Å². The Morgan fingerprint density at radius 1 is 0.706 bits per heavy atom. The van der Waals surface area contributed by atoms with Gasteiger partial charge >= 0.3 is 0 Å². The van der Waals surface area contributed by atoms with E-state index in [2.05, 4.69) is 102 Å². The number of nitrogens with zero attached hydrogens (tertiary/aromatic N) is 4. The molecule has 2 amide bonds. The molecule has 1 aliphatic rings. The van der Waals surface area contributed by atoms with Gasteiger partial charge in [0.05, 0.1) is 6.10 Å². The van der Waals surface area contributed by atoms with Crippen LogP contribution in [-0.4, -0.2) is 92.9 Å². The number of methoxy groups -OCH3 is 1. The second-order valence-electron chi connectivity index (χ2n) is 15.6. The van der Waals surface area contributed by atoms with Crippen molar-refractivity contribution in [2.45, 2.75) is 248 Å². The highest BCUT2D eigenvalue weighted by atomic mass is 16.5. The van der Waals surface area contributed by atoms with Gasteiger partial charge in [0.1, 0.15) is 18.2 Å². The quantitative estimate of drug-likeness (QED) is 0.137. The van der Waals surface area contributed by atoms with Gasteiger partial charge in [0.25, 0.3) is 0 Å². The second-order valence-corrected chi connectivity index (χ2v) is 15.6. The van der Waals surface area contributed by atoms with Gasteiger partial charge in [-0.1, -0.05) is 144 Å². The van der Waals surface area contributed by atoms with Gasteiger partial charge in [0, 0.05) is 59.0 Å². The third-order valence-electron chi connectivity index (χ3n) is 6.38. The van der Waals surface area contributed by atoms with Crippen LogP contribution in [0, 0.1) is 23.7 Å². The standard InChI is InChI=1S/C6H10O.2C6H12.2C5H11NO.C5H12O.C5H10O.C4H9N5.C4H8O2.8CH4/c1-4-3-6(4)5(2)7;2*1-4-5-6(2)3;2*1-4(2)6-5(3)7;2*1-3-4-5(2)6;1-3-5-4-6-7-8-9(4)2;1-4(5)3-6-2;;;;;;;;/h4,6H,3H2,1-2H3;2*4-6H,1-3H3;2*4H,1-3H3,(H,6,7);5-6H,3-4H2,1-2H3;3-4H2,1-2H3;3H2,1-2H3,(H,5,6,8);3H2,1-2H3;8*1H4. The molecule has 1 aromatic heterocycles. The maximum Gasteiger partial charge on any atom is 0.242 e. The number of hydrogen-bond acceptors (Lipinski definition) is 11. The maximum atomic E-state index is 10.4. The first-order valence-corrected chi connectivity index (χ1v) is 21.6. The number of amides is 2. The molecule has 1 fully saturated rings. The van der Waals surface area contributed by atoms with Crippen molar-refractivity contribution in [2.75, 3.05) is 25.6 Å². The largest absolute Gasteiger partial charge is 0.393 e. The average molecular weight is 987 g/mol. The van der Waals surface area contributed by atoms with E-state index in [1.54, 1.807) is 25.6 Å². The van der Waals surface area contributed by atoms with E-state index in [0.717, 1.165) is 50.5 Å². The van der Waals surface area contributed by atoms with Crippen LogP contribution >= 0.6 is 0 Å². The van der Waals surface area contributed by atoms with Crippen molar-refractivity contribution in [1.29, 1.82) is 0 Å². The Bertz CT molecular complexity index is 1150. The van der Waals surface area contributed by atoms with Crippen molar-refractivity contribution in [1.82, 2.24) is 30.8 Å². The molecule has 1 heterocycles. The third kappa shape index (κ3) is 131. The molecular formula is C54H127N7O7. The Morgan fingerprint density at radius 2 is 1.07 bits per heavy atom. The summed E-state index contributed by atoms with van der Waals surface area (Å²) in [6.45, 7) is 39.3. The van der Waals surface area contributed by atoms with Gasteiger partial charge in [-0.2, -0.15) is 0 Å². The van der Waals surface area contributed by atoms with Crippen molar-refractivity contribution >= 4 is 35.1 Å². The number of aliphatic hydroxyl groups excluding tert-OH is 1. The van der Waals surface area contributed by atoms with E-state index in [9.17, 15) is 24.0 Å². The molecule has 0 saturated heterocycles. The molecule has 1 aromatic rings. The number of carbonyl (C=O) groups is 5. The summed E-state index contributed by atoms with van der Waals surface area (Å²) >= 11 is 0. The zero-order valence-electron chi connectivity index (χ0n) is 42.5. The van der Waals surface area contributed by atoms with Gasteiger partial charge in [-0.15, -0.1) is 0 Å². The number of aromatic nitrogens is 4. The number of allylic oxidation sites excluding steroid dienone is 4. The minimum Gasteiger partial charge on any atom is -0.393 e. The lowest BCUT2D eigenvalue weighted by atomic mass is 10.2. The number of tetrazole rings is 1. The number of anilines is 1. The molecule has 0 aliphatic heterocycles. The van der Waals surface area contributed by atoms with E-state index >= 15 is 0 Å². The van der Waals surface area contributed by atoms with E-state index in [1.165, 1.54) is 27.9 Å². The minimum absolute atomic E-state index is 0. The molecule has 2 rings (SSSR count). The molecule has 0 aromatic carbocycles. The summed E-state index contributed by atoms with van der Waals surface area (Å²) in [6.07, 6.45) is 13.2. The number of rotatable bonds is 13. The summed E-state index contributed by atoms with van der Waals surface area (Å²) in [5, 5.41) is 27.6. The lowest BCUT2D eigenvalue weighted by Gasteiger charge is -2.02. The number of aliphatic hydroxyl groups is 1. The second kappa shape index (κ2) is 77.4. The molecule has 0 spiro atoms. The van der Waals surface area contributed by atoms with Crippen LogP contribution in [0.2, 0.25) is 0 Å². The first-order valence-electron chi connectivity index (χ1n) is 21.6. The van der Waals surface area contributed by atoms with E-state index in [0.29, 0.717) is 23.6 Å². The first kappa shape index (κ1) is 106. The van der Waals surface area contributed by atoms with Gasteiger partial charge in [-0.05, 0) is 124 Å². The number of aryl methyl sites for hydroxylation is 1. The Labute approximate surface area is 427 Å². The van der Waals surface area contributed by atoms with Crippen LogP contribution < -0.4 is 16.0 Å². The lowest BCUT2D eigenvalue weighted by Crippen LogP contribution is -2.27. The van der Waals surface area contributed by atoms with Crippen LogP contribution in [-0.2, 0) is 35.8 Å². The van der Waals surface area contributed by atoms with Crippen molar-refractivity contribution in [2.24, 2.45) is 30.7 Å². The summed E-state index contributed by atoms with van der Waals surface area (Å²) in [7, 11) is 3.29. The number of ketones is 3. The highest BCUT2D eigenvalue weighted by molar-refractivity contribution is 5.81. The number of ether oxygens (including phenoxy) is 1. The SMILES string of the molecule is C.C.C.C.C.C.C.C.CC(=O)C1CC1C.CC(=O)NC(C)C.CC(=O)NC(C)C.CC=CC(C)C.CC=CC(C)C.CCCC(C)=O.CCCC(C)O.CCNc1nnnn1C.COCC(C)=O. The molecule has 14 heteroatoms. The average Bonchev–Trinajstić information content (AvgIpc) is 3.69. The van der Waals surface area contributed by atoms with Crippen LogP contribution in [0.4, 0.5) is 5.95 Å². The smallest absolute Gasteiger partial charge is 0.242 e. The number of hydrogen-bond donors (Lipinski definition) is 4. The van der Waals surface area contributed by atoms with Crippen LogP contribution in [0.25, 0.3) is 0 Å². The fourth-order valence-corrected chi connectivity index (χ4v) is 3.98. The summed E-state index contributed by atoms with van der Waals surface area (Å²) in [4.78, 5) is 50.7. The van der Waals surface area contributed by atoms with Crippen molar-refractivity contribution in [3.8, 4) is 0 Å². The number of nitrogens with one attached hydrogen (secondary N) is 3. The van der Waals surface area contributed by atoms with Crippen molar-refractivity contribution < 1.29 is 33.8 Å². The minimum atomic E-state index is -0.102. The summed E-state index contributed by atoms with van der Waals surface area (Å²) in [5.41, 5.74) is 0. The predicted octanol–water partition coefficient (Wildman–Crippen LogP) is 14.2. The molecule has 1 aliphatic carbocycles. The zero-order chi connectivity index (χ0) is 48.8.